The maximum absolute atomic E-state index is 12.7. The molecule has 0 N–H and O–H groups in total. The smallest absolute Gasteiger partial charge is 0.291 e. The Bertz CT molecular complexity index is 1410. The summed E-state index contributed by atoms with van der Waals surface area (Å²) in [6, 6.07) is 14.7. The number of furan rings is 1. The first kappa shape index (κ1) is 16.9. The minimum atomic E-state index is -0.238. The van der Waals surface area contributed by atoms with E-state index in [1.807, 2.05) is 30.3 Å². The molecule has 4 aromatic heterocycles. The van der Waals surface area contributed by atoms with Gasteiger partial charge in [-0.1, -0.05) is 35.1 Å². The largest absolute Gasteiger partial charge is 0.457 e. The number of rotatable bonds is 3. The fourth-order valence-electron chi connectivity index (χ4n) is 2.82. The van der Waals surface area contributed by atoms with Gasteiger partial charge in [0.25, 0.3) is 5.56 Å². The lowest BCUT2D eigenvalue weighted by Gasteiger charge is -1.98. The SMILES string of the molecule is O=c1c(=Cc2ccc(-c3ccccc3Cl)o2)sc2nc(-c3cccnc3)nn12. The Balaban J connectivity index is 1.54. The lowest BCUT2D eigenvalue weighted by atomic mass is 10.2. The van der Waals surface area contributed by atoms with Crippen molar-refractivity contribution in [2.45, 2.75) is 0 Å². The zero-order chi connectivity index (χ0) is 19.1. The summed E-state index contributed by atoms with van der Waals surface area (Å²) in [6.45, 7) is 0. The normalized spacial score (nSPS) is 12.1. The predicted octanol–water partition coefficient (Wildman–Crippen LogP) is 3.67. The number of hydrogen-bond acceptors (Lipinski definition) is 6. The highest BCUT2D eigenvalue weighted by molar-refractivity contribution is 7.15. The third-order valence-corrected chi connectivity index (χ3v) is 5.43. The zero-order valence-corrected chi connectivity index (χ0v) is 15.8. The molecule has 0 amide bonds. The maximum atomic E-state index is 12.7. The van der Waals surface area contributed by atoms with Crippen molar-refractivity contribution in [3.63, 3.8) is 0 Å². The third-order valence-electron chi connectivity index (χ3n) is 4.14. The van der Waals surface area contributed by atoms with Crippen LogP contribution in [0.4, 0.5) is 0 Å². The number of thiazole rings is 1. The molecular formula is C20H11ClN4O2S. The standard InChI is InChI=1S/C20H11ClN4O2S/c21-15-6-2-1-5-14(15)16-8-7-13(27-16)10-17-19(26)25-20(28-17)23-18(24-25)12-4-3-9-22-11-12/h1-11H. The molecule has 0 spiro atoms. The van der Waals surface area contributed by atoms with Crippen LogP contribution in [-0.4, -0.2) is 19.6 Å². The van der Waals surface area contributed by atoms with Gasteiger partial charge in [0, 0.05) is 29.6 Å². The van der Waals surface area contributed by atoms with E-state index in [2.05, 4.69) is 15.1 Å². The summed E-state index contributed by atoms with van der Waals surface area (Å²) in [5, 5.41) is 4.91. The second-order valence-electron chi connectivity index (χ2n) is 5.97. The van der Waals surface area contributed by atoms with Gasteiger partial charge in [0.1, 0.15) is 16.1 Å². The van der Waals surface area contributed by atoms with Crippen LogP contribution in [0.15, 0.2) is 70.1 Å². The van der Waals surface area contributed by atoms with Gasteiger partial charge in [0.15, 0.2) is 5.82 Å². The van der Waals surface area contributed by atoms with E-state index in [4.69, 9.17) is 16.0 Å². The van der Waals surface area contributed by atoms with E-state index in [0.717, 1.165) is 11.1 Å². The summed E-state index contributed by atoms with van der Waals surface area (Å²) in [6.07, 6.45) is 5.03. The lowest BCUT2D eigenvalue weighted by molar-refractivity contribution is 0.571. The van der Waals surface area contributed by atoms with Gasteiger partial charge in [-0.05, 0) is 36.4 Å². The summed E-state index contributed by atoms with van der Waals surface area (Å²) >= 11 is 7.47. The molecule has 0 radical (unpaired) electrons. The summed E-state index contributed by atoms with van der Waals surface area (Å²) in [5.74, 6) is 1.67. The molecule has 0 saturated carbocycles. The Morgan fingerprint density at radius 1 is 1.11 bits per heavy atom. The van der Waals surface area contributed by atoms with E-state index in [-0.39, 0.29) is 5.56 Å². The summed E-state index contributed by atoms with van der Waals surface area (Å²) in [5.41, 5.74) is 1.33. The van der Waals surface area contributed by atoms with E-state index >= 15 is 0 Å². The Morgan fingerprint density at radius 2 is 2.00 bits per heavy atom. The molecule has 5 aromatic rings. The van der Waals surface area contributed by atoms with Crippen molar-refractivity contribution in [3.05, 3.63) is 86.6 Å². The Morgan fingerprint density at radius 3 is 2.79 bits per heavy atom. The van der Waals surface area contributed by atoms with Crippen molar-refractivity contribution in [2.24, 2.45) is 0 Å². The molecule has 0 atom stereocenters. The first-order valence-corrected chi connectivity index (χ1v) is 9.55. The van der Waals surface area contributed by atoms with Crippen LogP contribution in [-0.2, 0) is 0 Å². The first-order valence-electron chi connectivity index (χ1n) is 8.35. The van der Waals surface area contributed by atoms with Gasteiger partial charge in [-0.15, -0.1) is 5.10 Å². The highest BCUT2D eigenvalue weighted by Gasteiger charge is 2.13. The Labute approximate surface area is 167 Å². The molecule has 0 saturated heterocycles. The number of nitrogens with zero attached hydrogens (tertiary/aromatic N) is 4. The van der Waals surface area contributed by atoms with Gasteiger partial charge in [-0.3, -0.25) is 9.78 Å². The van der Waals surface area contributed by atoms with Gasteiger partial charge >= 0.3 is 0 Å². The Kier molecular flexibility index (Phi) is 4.03. The van der Waals surface area contributed by atoms with Crippen molar-refractivity contribution in [2.75, 3.05) is 0 Å². The number of pyridine rings is 1. The minimum absolute atomic E-state index is 0.238. The molecule has 0 unspecified atom stereocenters. The number of benzene rings is 1. The molecule has 8 heteroatoms. The Hall–Kier alpha value is -3.29. The van der Waals surface area contributed by atoms with Crippen LogP contribution in [0.5, 0.6) is 0 Å². The molecule has 0 bridgehead atoms. The van der Waals surface area contributed by atoms with Crippen LogP contribution in [0.1, 0.15) is 5.76 Å². The number of halogens is 1. The van der Waals surface area contributed by atoms with E-state index in [0.29, 0.717) is 31.9 Å². The minimum Gasteiger partial charge on any atom is -0.457 e. The summed E-state index contributed by atoms with van der Waals surface area (Å²) in [7, 11) is 0. The summed E-state index contributed by atoms with van der Waals surface area (Å²) in [4.78, 5) is 21.7. The fourth-order valence-corrected chi connectivity index (χ4v) is 3.93. The second kappa shape index (κ2) is 6.70. The predicted molar refractivity (Wildman–Crippen MR) is 108 cm³/mol. The van der Waals surface area contributed by atoms with Crippen LogP contribution in [0.3, 0.4) is 0 Å². The van der Waals surface area contributed by atoms with E-state index in [1.165, 1.54) is 15.9 Å². The van der Waals surface area contributed by atoms with Gasteiger partial charge in [-0.2, -0.15) is 9.50 Å². The number of aromatic nitrogens is 4. The van der Waals surface area contributed by atoms with Crippen molar-refractivity contribution in [1.29, 1.82) is 0 Å². The highest BCUT2D eigenvalue weighted by Crippen LogP contribution is 2.29. The highest BCUT2D eigenvalue weighted by atomic mass is 35.5. The second-order valence-corrected chi connectivity index (χ2v) is 7.39. The van der Waals surface area contributed by atoms with Crippen LogP contribution in [0.2, 0.25) is 5.02 Å². The monoisotopic (exact) mass is 406 g/mol. The van der Waals surface area contributed by atoms with Crippen LogP contribution in [0, 0.1) is 0 Å². The molecule has 28 heavy (non-hydrogen) atoms. The molecule has 1 aromatic carbocycles. The van der Waals surface area contributed by atoms with Gasteiger partial charge in [0.05, 0.1) is 5.02 Å². The van der Waals surface area contributed by atoms with E-state index < -0.39 is 0 Å². The van der Waals surface area contributed by atoms with Crippen molar-refractivity contribution in [3.8, 4) is 22.7 Å². The molecule has 6 nitrogen and oxygen atoms in total. The average Bonchev–Trinajstić information content (AvgIpc) is 3.41. The van der Waals surface area contributed by atoms with Crippen molar-refractivity contribution in [1.82, 2.24) is 19.6 Å². The molecule has 5 rings (SSSR count). The van der Waals surface area contributed by atoms with E-state index in [1.54, 1.807) is 36.7 Å². The first-order chi connectivity index (χ1) is 13.7. The molecule has 0 aliphatic rings. The van der Waals surface area contributed by atoms with Crippen LogP contribution < -0.4 is 10.1 Å². The molecule has 0 aliphatic heterocycles. The number of hydrogen-bond donors (Lipinski definition) is 0. The van der Waals surface area contributed by atoms with Crippen LogP contribution in [0.25, 0.3) is 33.7 Å². The lowest BCUT2D eigenvalue weighted by Crippen LogP contribution is -2.23. The fraction of sp³-hybridized carbons (Fsp3) is 0. The quantitative estimate of drug-likeness (QED) is 0.457. The van der Waals surface area contributed by atoms with Gasteiger partial charge < -0.3 is 4.42 Å². The van der Waals surface area contributed by atoms with E-state index in [9.17, 15) is 4.79 Å². The molecule has 0 fully saturated rings. The molecule has 136 valence electrons. The van der Waals surface area contributed by atoms with Crippen molar-refractivity contribution >= 4 is 34.0 Å². The summed E-state index contributed by atoms with van der Waals surface area (Å²) < 4.78 is 7.64. The van der Waals surface area contributed by atoms with Crippen molar-refractivity contribution < 1.29 is 4.42 Å². The van der Waals surface area contributed by atoms with Gasteiger partial charge in [0.2, 0.25) is 4.96 Å². The maximum Gasteiger partial charge on any atom is 0.291 e. The van der Waals surface area contributed by atoms with Gasteiger partial charge in [-0.25, -0.2) is 0 Å². The third kappa shape index (κ3) is 2.90. The topological polar surface area (TPSA) is 73.3 Å². The molecule has 0 aliphatic carbocycles. The molecule has 4 heterocycles. The molecular weight excluding hydrogens is 396 g/mol. The number of fused-ring (bicyclic) bond motifs is 1. The zero-order valence-electron chi connectivity index (χ0n) is 14.2. The average molecular weight is 407 g/mol. The van der Waals surface area contributed by atoms with Crippen LogP contribution >= 0.6 is 22.9 Å².